The zero-order valence-electron chi connectivity index (χ0n) is 12.5. The van der Waals surface area contributed by atoms with E-state index in [1.165, 1.54) is 0 Å². The Bertz CT molecular complexity index is 810. The Hall–Kier alpha value is -1.73. The SMILES string of the molecule is O=C1Nc2ccc(Br)cc2C(c2ccccc2Cl)=NC1OCCO. The molecule has 0 saturated heterocycles. The quantitative estimate of drug-likeness (QED) is 0.814. The van der Waals surface area contributed by atoms with E-state index in [1.807, 2.05) is 30.3 Å². The molecule has 2 aromatic carbocycles. The van der Waals surface area contributed by atoms with Crippen molar-refractivity contribution in [3.8, 4) is 0 Å². The molecule has 0 saturated carbocycles. The predicted octanol–water partition coefficient (Wildman–Crippen LogP) is 3.23. The number of nitrogens with zero attached hydrogens (tertiary/aromatic N) is 1. The molecule has 3 rings (SSSR count). The lowest BCUT2D eigenvalue weighted by atomic mass is 10.0. The third-order valence-electron chi connectivity index (χ3n) is 3.46. The van der Waals surface area contributed by atoms with Crippen LogP contribution in [0.1, 0.15) is 11.1 Å². The van der Waals surface area contributed by atoms with Crippen molar-refractivity contribution < 1.29 is 14.6 Å². The number of aliphatic imine (C=N–C) groups is 1. The molecule has 0 fully saturated rings. The first-order chi connectivity index (χ1) is 11.6. The molecule has 0 radical (unpaired) electrons. The molecule has 24 heavy (non-hydrogen) atoms. The summed E-state index contributed by atoms with van der Waals surface area (Å²) in [4.78, 5) is 16.8. The normalized spacial score (nSPS) is 16.9. The number of carbonyl (C=O) groups excluding carboxylic acids is 1. The number of amides is 1. The third-order valence-corrected chi connectivity index (χ3v) is 4.28. The second kappa shape index (κ2) is 7.44. The fourth-order valence-electron chi connectivity index (χ4n) is 2.41. The highest BCUT2D eigenvalue weighted by Gasteiger charge is 2.27. The van der Waals surface area contributed by atoms with Gasteiger partial charge in [0, 0.05) is 20.6 Å². The minimum absolute atomic E-state index is 0.0113. The summed E-state index contributed by atoms with van der Waals surface area (Å²) in [6, 6.07) is 12.8. The summed E-state index contributed by atoms with van der Waals surface area (Å²) in [6.07, 6.45) is -1.06. The summed E-state index contributed by atoms with van der Waals surface area (Å²) < 4.78 is 6.22. The van der Waals surface area contributed by atoms with Gasteiger partial charge in [0.2, 0.25) is 6.23 Å². The van der Waals surface area contributed by atoms with E-state index in [1.54, 1.807) is 12.1 Å². The maximum absolute atomic E-state index is 12.4. The van der Waals surface area contributed by atoms with Crippen molar-refractivity contribution in [3.63, 3.8) is 0 Å². The topological polar surface area (TPSA) is 70.9 Å². The molecule has 1 unspecified atom stereocenters. The molecule has 1 amide bonds. The zero-order valence-corrected chi connectivity index (χ0v) is 14.8. The molecule has 1 aliphatic rings. The van der Waals surface area contributed by atoms with Gasteiger partial charge in [-0.2, -0.15) is 0 Å². The Kier molecular flexibility index (Phi) is 5.30. The fraction of sp³-hybridized carbons (Fsp3) is 0.176. The van der Waals surface area contributed by atoms with Crippen LogP contribution in [0.5, 0.6) is 0 Å². The third kappa shape index (κ3) is 3.52. The van der Waals surface area contributed by atoms with Gasteiger partial charge in [-0.1, -0.05) is 45.7 Å². The number of fused-ring (bicyclic) bond motifs is 1. The maximum atomic E-state index is 12.4. The highest BCUT2D eigenvalue weighted by molar-refractivity contribution is 9.10. The van der Waals surface area contributed by atoms with Crippen LogP contribution in [0.3, 0.4) is 0 Å². The van der Waals surface area contributed by atoms with Crippen LogP contribution in [0.25, 0.3) is 0 Å². The summed E-state index contributed by atoms with van der Waals surface area (Å²) in [6.45, 7) is -0.184. The number of halogens is 2. The molecule has 1 atom stereocenters. The first-order valence-electron chi connectivity index (χ1n) is 7.26. The van der Waals surface area contributed by atoms with Gasteiger partial charge in [-0.05, 0) is 24.3 Å². The molecule has 7 heteroatoms. The number of carbonyl (C=O) groups is 1. The van der Waals surface area contributed by atoms with Gasteiger partial charge in [0.05, 0.1) is 24.6 Å². The highest BCUT2D eigenvalue weighted by Crippen LogP contribution is 2.30. The highest BCUT2D eigenvalue weighted by atomic mass is 79.9. The number of aliphatic hydroxyl groups is 1. The Morgan fingerprint density at radius 1 is 1.25 bits per heavy atom. The second-order valence-electron chi connectivity index (χ2n) is 5.08. The van der Waals surface area contributed by atoms with Crippen molar-refractivity contribution in [2.75, 3.05) is 18.5 Å². The van der Waals surface area contributed by atoms with Crippen LogP contribution in [0.15, 0.2) is 51.9 Å². The van der Waals surface area contributed by atoms with Crippen LogP contribution >= 0.6 is 27.5 Å². The van der Waals surface area contributed by atoms with E-state index in [0.29, 0.717) is 22.0 Å². The van der Waals surface area contributed by atoms with E-state index in [-0.39, 0.29) is 13.2 Å². The number of aliphatic hydroxyl groups excluding tert-OH is 1. The van der Waals surface area contributed by atoms with Crippen molar-refractivity contribution in [1.29, 1.82) is 0 Å². The first-order valence-corrected chi connectivity index (χ1v) is 8.43. The van der Waals surface area contributed by atoms with Crippen molar-refractivity contribution in [2.24, 2.45) is 4.99 Å². The molecule has 0 aromatic heterocycles. The smallest absolute Gasteiger partial charge is 0.276 e. The zero-order chi connectivity index (χ0) is 17.1. The van der Waals surface area contributed by atoms with Crippen molar-refractivity contribution in [3.05, 3.63) is 63.1 Å². The van der Waals surface area contributed by atoms with Crippen LogP contribution in [-0.2, 0) is 9.53 Å². The monoisotopic (exact) mass is 408 g/mol. The van der Waals surface area contributed by atoms with Crippen LogP contribution in [-0.4, -0.2) is 36.2 Å². The lowest BCUT2D eigenvalue weighted by Gasteiger charge is -2.12. The van der Waals surface area contributed by atoms with E-state index < -0.39 is 12.1 Å². The van der Waals surface area contributed by atoms with Crippen molar-refractivity contribution >= 4 is 44.8 Å². The first kappa shape index (κ1) is 17.1. The Morgan fingerprint density at radius 3 is 2.79 bits per heavy atom. The van der Waals surface area contributed by atoms with E-state index in [4.69, 9.17) is 21.4 Å². The standard InChI is InChI=1S/C17H14BrClN2O3/c18-10-5-6-14-12(9-10)15(11-3-1-2-4-13(11)19)21-17(16(23)20-14)24-8-7-22/h1-6,9,17,22H,7-8H2,(H,20,23). The van der Waals surface area contributed by atoms with Gasteiger partial charge in [-0.15, -0.1) is 0 Å². The fourth-order valence-corrected chi connectivity index (χ4v) is 2.99. The molecule has 2 N–H and O–H groups in total. The number of rotatable bonds is 4. The lowest BCUT2D eigenvalue weighted by molar-refractivity contribution is -0.127. The van der Waals surface area contributed by atoms with Gasteiger partial charge in [0.15, 0.2) is 0 Å². The summed E-state index contributed by atoms with van der Waals surface area (Å²) in [7, 11) is 0. The summed E-state index contributed by atoms with van der Waals surface area (Å²) in [5, 5.41) is 12.3. The molecule has 2 aromatic rings. The van der Waals surface area contributed by atoms with Crippen LogP contribution in [0.4, 0.5) is 5.69 Å². The predicted molar refractivity (Wildman–Crippen MR) is 96.7 cm³/mol. The summed E-state index contributed by atoms with van der Waals surface area (Å²) in [5.41, 5.74) is 2.61. The minimum atomic E-state index is -1.06. The number of nitrogens with one attached hydrogen (secondary N) is 1. The largest absolute Gasteiger partial charge is 0.394 e. The number of benzodiazepines with no additional fused rings is 1. The number of hydrogen-bond acceptors (Lipinski definition) is 4. The van der Waals surface area contributed by atoms with E-state index in [9.17, 15) is 4.79 Å². The number of ether oxygens (including phenoxy) is 1. The van der Waals surface area contributed by atoms with Crippen LogP contribution in [0, 0.1) is 0 Å². The Balaban J connectivity index is 2.17. The maximum Gasteiger partial charge on any atom is 0.276 e. The molecule has 1 heterocycles. The van der Waals surface area contributed by atoms with E-state index >= 15 is 0 Å². The molecular weight excluding hydrogens is 396 g/mol. The summed E-state index contributed by atoms with van der Waals surface area (Å²) >= 11 is 9.77. The average Bonchev–Trinajstić information content (AvgIpc) is 2.70. The number of benzene rings is 2. The molecule has 0 aliphatic carbocycles. The van der Waals surface area contributed by atoms with Crippen LogP contribution < -0.4 is 5.32 Å². The number of hydrogen-bond donors (Lipinski definition) is 2. The van der Waals surface area contributed by atoms with Gasteiger partial charge < -0.3 is 15.2 Å². The van der Waals surface area contributed by atoms with Gasteiger partial charge >= 0.3 is 0 Å². The molecule has 1 aliphatic heterocycles. The number of anilines is 1. The molecule has 124 valence electrons. The molecule has 0 bridgehead atoms. The van der Waals surface area contributed by atoms with Crippen LogP contribution in [0.2, 0.25) is 5.02 Å². The van der Waals surface area contributed by atoms with Gasteiger partial charge in [-0.3, -0.25) is 4.79 Å². The van der Waals surface area contributed by atoms with E-state index in [0.717, 1.165) is 10.0 Å². The molecular formula is C17H14BrClN2O3. The Labute approximate surface area is 152 Å². The lowest BCUT2D eigenvalue weighted by Crippen LogP contribution is -2.29. The molecule has 5 nitrogen and oxygen atoms in total. The minimum Gasteiger partial charge on any atom is -0.394 e. The second-order valence-corrected chi connectivity index (χ2v) is 6.41. The molecule has 0 spiro atoms. The Morgan fingerprint density at radius 2 is 2.04 bits per heavy atom. The van der Waals surface area contributed by atoms with Crippen molar-refractivity contribution in [1.82, 2.24) is 0 Å². The van der Waals surface area contributed by atoms with E-state index in [2.05, 4.69) is 26.2 Å². The van der Waals surface area contributed by atoms with Gasteiger partial charge in [0.25, 0.3) is 5.91 Å². The average molecular weight is 410 g/mol. The van der Waals surface area contributed by atoms with Gasteiger partial charge in [0.1, 0.15) is 0 Å². The van der Waals surface area contributed by atoms with Crippen molar-refractivity contribution in [2.45, 2.75) is 6.23 Å². The van der Waals surface area contributed by atoms with Gasteiger partial charge in [-0.25, -0.2) is 4.99 Å². The summed E-state index contributed by atoms with van der Waals surface area (Å²) in [5.74, 6) is -0.394.